The van der Waals surface area contributed by atoms with Gasteiger partial charge >= 0.3 is 0 Å². The van der Waals surface area contributed by atoms with Crippen LogP contribution in [0.5, 0.6) is 5.75 Å². The molecule has 1 aliphatic heterocycles. The lowest BCUT2D eigenvalue weighted by atomic mass is 9.89. The molecule has 134 valence electrons. The van der Waals surface area contributed by atoms with Crippen molar-refractivity contribution >= 4 is 11.7 Å². The van der Waals surface area contributed by atoms with Gasteiger partial charge in [0, 0.05) is 18.2 Å². The highest BCUT2D eigenvalue weighted by atomic mass is 16.5. The molecule has 3 aromatic rings. The molecule has 26 heavy (non-hydrogen) atoms. The Kier molecular flexibility index (Phi) is 3.68. The Labute approximate surface area is 151 Å². The predicted octanol–water partition coefficient (Wildman–Crippen LogP) is 2.77. The first kappa shape index (κ1) is 16.5. The Morgan fingerprint density at radius 2 is 2.08 bits per heavy atom. The maximum absolute atomic E-state index is 13.0. The normalized spacial score (nSPS) is 18.2. The minimum atomic E-state index is -0.355. The van der Waals surface area contributed by atoms with Gasteiger partial charge in [0.2, 0.25) is 0 Å². The number of hydrogen-bond acceptors (Lipinski definition) is 5. The molecule has 1 amide bonds. The van der Waals surface area contributed by atoms with Crippen LogP contribution in [0.25, 0.3) is 5.78 Å². The van der Waals surface area contributed by atoms with Crippen molar-refractivity contribution in [3.05, 3.63) is 53.1 Å². The molecule has 0 aliphatic carbocycles. The summed E-state index contributed by atoms with van der Waals surface area (Å²) in [5.41, 5.74) is 1.84. The van der Waals surface area contributed by atoms with Crippen LogP contribution >= 0.6 is 0 Å². The Hall–Kier alpha value is -2.96. The van der Waals surface area contributed by atoms with Gasteiger partial charge in [0.25, 0.3) is 11.7 Å². The van der Waals surface area contributed by atoms with E-state index in [1.54, 1.807) is 17.6 Å². The molecule has 0 bridgehead atoms. The Morgan fingerprint density at radius 3 is 2.88 bits per heavy atom. The zero-order valence-corrected chi connectivity index (χ0v) is 15.3. The van der Waals surface area contributed by atoms with E-state index in [0.717, 1.165) is 11.3 Å². The minimum absolute atomic E-state index is 0.130. The molecule has 1 N–H and O–H groups in total. The van der Waals surface area contributed by atoms with Gasteiger partial charge in [0.1, 0.15) is 17.2 Å². The molecule has 1 atom stereocenters. The van der Waals surface area contributed by atoms with Crippen LogP contribution in [0.3, 0.4) is 0 Å². The maximum atomic E-state index is 13.0. The Balaban J connectivity index is 1.67. The fraction of sp³-hybridized carbons (Fsp3) is 0.368. The van der Waals surface area contributed by atoms with Crippen LogP contribution in [-0.4, -0.2) is 31.1 Å². The van der Waals surface area contributed by atoms with Crippen LogP contribution in [0, 0.1) is 13.8 Å². The summed E-state index contributed by atoms with van der Waals surface area (Å²) in [6.45, 7) is 7.70. The van der Waals surface area contributed by atoms with E-state index in [1.165, 1.54) is 0 Å². The summed E-state index contributed by atoms with van der Waals surface area (Å²) in [7, 11) is 0. The molecule has 0 fully saturated rings. The standard InChI is InChI=1S/C19H21N5O2/c1-11-14(10-20-18-21-12(2)23-24(11)18)17(25)22-15-9-19(3,4)26-16-8-6-5-7-13(15)16/h5-8,10,15H,9H2,1-4H3,(H,22,25)/t15-/m1/s1. The van der Waals surface area contributed by atoms with Crippen molar-refractivity contribution in [3.63, 3.8) is 0 Å². The minimum Gasteiger partial charge on any atom is -0.487 e. The lowest BCUT2D eigenvalue weighted by molar-refractivity contribution is 0.0619. The monoisotopic (exact) mass is 351 g/mol. The second-order valence-electron chi connectivity index (χ2n) is 7.26. The van der Waals surface area contributed by atoms with E-state index in [4.69, 9.17) is 4.74 Å². The van der Waals surface area contributed by atoms with E-state index >= 15 is 0 Å². The molecule has 2 aromatic heterocycles. The SMILES string of the molecule is Cc1nc2ncc(C(=O)N[C@@H]3CC(C)(C)Oc4ccccc43)c(C)n2n1. The average molecular weight is 351 g/mol. The predicted molar refractivity (Wildman–Crippen MR) is 96.2 cm³/mol. The molecule has 3 heterocycles. The number of carbonyl (C=O) groups is 1. The molecule has 0 radical (unpaired) electrons. The highest BCUT2D eigenvalue weighted by molar-refractivity contribution is 5.95. The highest BCUT2D eigenvalue weighted by Gasteiger charge is 2.34. The number of benzene rings is 1. The Bertz CT molecular complexity index is 1010. The van der Waals surface area contributed by atoms with E-state index in [9.17, 15) is 4.79 Å². The number of para-hydroxylation sites is 1. The molecule has 0 spiro atoms. The van der Waals surface area contributed by atoms with E-state index in [2.05, 4.69) is 20.4 Å². The van der Waals surface area contributed by atoms with E-state index in [-0.39, 0.29) is 17.6 Å². The first-order chi connectivity index (χ1) is 12.3. The van der Waals surface area contributed by atoms with Crippen LogP contribution in [0.4, 0.5) is 0 Å². The number of carbonyl (C=O) groups excluding carboxylic acids is 1. The molecule has 0 unspecified atom stereocenters. The zero-order valence-electron chi connectivity index (χ0n) is 15.3. The second-order valence-corrected chi connectivity index (χ2v) is 7.26. The van der Waals surface area contributed by atoms with E-state index < -0.39 is 0 Å². The van der Waals surface area contributed by atoms with Crippen molar-refractivity contribution in [2.45, 2.75) is 45.8 Å². The first-order valence-electron chi connectivity index (χ1n) is 8.62. The van der Waals surface area contributed by atoms with Crippen molar-refractivity contribution in [3.8, 4) is 5.75 Å². The molecule has 0 saturated carbocycles. The van der Waals surface area contributed by atoms with Crippen molar-refractivity contribution in [2.75, 3.05) is 0 Å². The third kappa shape index (κ3) is 2.79. The number of aryl methyl sites for hydroxylation is 2. The number of nitrogens with one attached hydrogen (secondary N) is 1. The van der Waals surface area contributed by atoms with Gasteiger partial charge in [0.15, 0.2) is 0 Å². The summed E-state index contributed by atoms with van der Waals surface area (Å²) in [5, 5.41) is 7.44. The molecule has 4 rings (SSSR count). The van der Waals surface area contributed by atoms with E-state index in [0.29, 0.717) is 29.3 Å². The topological polar surface area (TPSA) is 81.4 Å². The Morgan fingerprint density at radius 1 is 1.31 bits per heavy atom. The maximum Gasteiger partial charge on any atom is 0.255 e. The molecule has 1 aromatic carbocycles. The largest absolute Gasteiger partial charge is 0.487 e. The van der Waals surface area contributed by atoms with Crippen LogP contribution in [0.15, 0.2) is 30.5 Å². The quantitative estimate of drug-likeness (QED) is 0.768. The van der Waals surface area contributed by atoms with Crippen molar-refractivity contribution in [1.29, 1.82) is 0 Å². The van der Waals surface area contributed by atoms with Crippen LogP contribution in [0.2, 0.25) is 0 Å². The third-order valence-corrected chi connectivity index (χ3v) is 4.64. The van der Waals surface area contributed by atoms with Gasteiger partial charge in [-0.05, 0) is 33.8 Å². The van der Waals surface area contributed by atoms with Gasteiger partial charge in [-0.2, -0.15) is 10.1 Å². The zero-order chi connectivity index (χ0) is 18.5. The van der Waals surface area contributed by atoms with Crippen molar-refractivity contribution < 1.29 is 9.53 Å². The first-order valence-corrected chi connectivity index (χ1v) is 8.62. The number of amides is 1. The van der Waals surface area contributed by atoms with Crippen LogP contribution in [-0.2, 0) is 0 Å². The van der Waals surface area contributed by atoms with Gasteiger partial charge in [-0.1, -0.05) is 18.2 Å². The molecular weight excluding hydrogens is 330 g/mol. The summed E-state index contributed by atoms with van der Waals surface area (Å²) < 4.78 is 7.64. The summed E-state index contributed by atoms with van der Waals surface area (Å²) in [6, 6.07) is 7.69. The average Bonchev–Trinajstić information content (AvgIpc) is 2.95. The number of fused-ring (bicyclic) bond motifs is 2. The van der Waals surface area contributed by atoms with Gasteiger partial charge < -0.3 is 10.1 Å². The van der Waals surface area contributed by atoms with Crippen LogP contribution in [0.1, 0.15) is 53.7 Å². The fourth-order valence-electron chi connectivity index (χ4n) is 3.43. The number of aromatic nitrogens is 4. The summed E-state index contributed by atoms with van der Waals surface area (Å²) in [4.78, 5) is 21.4. The summed E-state index contributed by atoms with van der Waals surface area (Å²) in [6.07, 6.45) is 2.25. The number of hydrogen-bond donors (Lipinski definition) is 1. The van der Waals surface area contributed by atoms with Crippen LogP contribution < -0.4 is 10.1 Å². The van der Waals surface area contributed by atoms with Gasteiger partial charge in [-0.25, -0.2) is 9.50 Å². The molecule has 7 nitrogen and oxygen atoms in total. The molecule has 1 aliphatic rings. The third-order valence-electron chi connectivity index (χ3n) is 4.64. The van der Waals surface area contributed by atoms with Crippen molar-refractivity contribution in [2.24, 2.45) is 0 Å². The second kappa shape index (κ2) is 5.79. The van der Waals surface area contributed by atoms with Gasteiger partial charge in [0.05, 0.1) is 17.3 Å². The molecule has 0 saturated heterocycles. The fourth-order valence-corrected chi connectivity index (χ4v) is 3.43. The molecule has 7 heteroatoms. The van der Waals surface area contributed by atoms with Gasteiger partial charge in [-0.3, -0.25) is 4.79 Å². The molecular formula is C19H21N5O2. The lowest BCUT2D eigenvalue weighted by Crippen LogP contribution is -2.41. The summed E-state index contributed by atoms with van der Waals surface area (Å²) >= 11 is 0. The smallest absolute Gasteiger partial charge is 0.255 e. The van der Waals surface area contributed by atoms with E-state index in [1.807, 2.05) is 45.0 Å². The number of ether oxygens (including phenoxy) is 1. The van der Waals surface area contributed by atoms with Gasteiger partial charge in [-0.15, -0.1) is 0 Å². The number of nitrogens with zero attached hydrogens (tertiary/aromatic N) is 4. The summed E-state index contributed by atoms with van der Waals surface area (Å²) in [5.74, 6) is 1.75. The van der Waals surface area contributed by atoms with Crippen molar-refractivity contribution in [1.82, 2.24) is 24.9 Å². The lowest BCUT2D eigenvalue weighted by Gasteiger charge is -2.37. The highest BCUT2D eigenvalue weighted by Crippen LogP contribution is 2.39. The number of rotatable bonds is 2.